The minimum Gasteiger partial charge on any atom is -0.397 e. The first kappa shape index (κ1) is 12.8. The first-order valence-electron chi connectivity index (χ1n) is 6.36. The van der Waals surface area contributed by atoms with Crippen molar-refractivity contribution >= 4 is 11.6 Å². The molecule has 2 heterocycles. The Bertz CT molecular complexity index is 420. The minimum atomic E-state index is -0.119. The summed E-state index contributed by atoms with van der Waals surface area (Å²) in [5.41, 5.74) is 6.52. The van der Waals surface area contributed by atoms with E-state index in [0.29, 0.717) is 17.8 Å². The number of nitrogens with zero attached hydrogens (tertiary/aromatic N) is 2. The van der Waals surface area contributed by atoms with Gasteiger partial charge < -0.3 is 15.7 Å². The maximum Gasteiger partial charge on any atom is 0.274 e. The van der Waals surface area contributed by atoms with E-state index in [1.54, 1.807) is 23.2 Å². The van der Waals surface area contributed by atoms with Gasteiger partial charge in [-0.1, -0.05) is 0 Å². The molecule has 0 saturated carbocycles. The number of amides is 1. The van der Waals surface area contributed by atoms with Crippen molar-refractivity contribution in [2.75, 3.05) is 18.9 Å². The van der Waals surface area contributed by atoms with Crippen LogP contribution in [-0.4, -0.2) is 40.1 Å². The number of carbonyl (C=O) groups excluding carboxylic acids is 1. The number of aliphatic hydroxyl groups excluding tert-OH is 1. The number of pyridine rings is 1. The number of nitrogen functional groups attached to an aromatic ring is 1. The summed E-state index contributed by atoms with van der Waals surface area (Å²) < 4.78 is 0. The normalized spacial score (nSPS) is 19.8. The largest absolute Gasteiger partial charge is 0.397 e. The van der Waals surface area contributed by atoms with Crippen LogP contribution in [0.15, 0.2) is 18.3 Å². The standard InChI is InChI=1S/C13H19N3O2/c14-11-5-3-7-15-12(11)13(18)16-8-2-1-4-10(16)6-9-17/h3,5,7,10,17H,1-2,4,6,8-9,14H2. The average Bonchev–Trinajstić information content (AvgIpc) is 2.40. The van der Waals surface area contributed by atoms with E-state index in [0.717, 1.165) is 25.8 Å². The number of hydrogen-bond acceptors (Lipinski definition) is 4. The van der Waals surface area contributed by atoms with E-state index in [-0.39, 0.29) is 18.6 Å². The smallest absolute Gasteiger partial charge is 0.274 e. The molecule has 0 aromatic carbocycles. The number of rotatable bonds is 3. The summed E-state index contributed by atoms with van der Waals surface area (Å²) in [6.45, 7) is 0.825. The highest BCUT2D eigenvalue weighted by atomic mass is 16.3. The minimum absolute atomic E-state index is 0.103. The highest BCUT2D eigenvalue weighted by Gasteiger charge is 2.28. The molecule has 5 nitrogen and oxygen atoms in total. The van der Waals surface area contributed by atoms with Crippen LogP contribution in [0.3, 0.4) is 0 Å². The number of nitrogens with two attached hydrogens (primary N) is 1. The molecule has 1 aromatic rings. The van der Waals surface area contributed by atoms with Gasteiger partial charge >= 0.3 is 0 Å². The van der Waals surface area contributed by atoms with E-state index < -0.39 is 0 Å². The van der Waals surface area contributed by atoms with Gasteiger partial charge in [0.25, 0.3) is 5.91 Å². The van der Waals surface area contributed by atoms with Crippen molar-refractivity contribution in [2.45, 2.75) is 31.7 Å². The third-order valence-corrected chi connectivity index (χ3v) is 3.39. The van der Waals surface area contributed by atoms with Gasteiger partial charge in [0, 0.05) is 25.4 Å². The molecule has 5 heteroatoms. The molecule has 1 amide bonds. The molecule has 0 spiro atoms. The van der Waals surface area contributed by atoms with Gasteiger partial charge in [-0.15, -0.1) is 0 Å². The van der Waals surface area contributed by atoms with Gasteiger partial charge in [0.15, 0.2) is 5.69 Å². The highest BCUT2D eigenvalue weighted by molar-refractivity contribution is 5.97. The van der Waals surface area contributed by atoms with E-state index in [2.05, 4.69) is 4.98 Å². The highest BCUT2D eigenvalue weighted by Crippen LogP contribution is 2.22. The van der Waals surface area contributed by atoms with Crippen molar-refractivity contribution in [1.82, 2.24) is 9.88 Å². The Labute approximate surface area is 107 Å². The van der Waals surface area contributed by atoms with Gasteiger partial charge in [0.2, 0.25) is 0 Å². The lowest BCUT2D eigenvalue weighted by molar-refractivity contribution is 0.0570. The Hall–Kier alpha value is -1.62. The number of piperidine rings is 1. The van der Waals surface area contributed by atoms with E-state index in [1.165, 1.54) is 0 Å². The Kier molecular flexibility index (Phi) is 4.15. The van der Waals surface area contributed by atoms with Crippen molar-refractivity contribution < 1.29 is 9.90 Å². The average molecular weight is 249 g/mol. The number of aliphatic hydroxyl groups is 1. The second kappa shape index (κ2) is 5.82. The second-order valence-electron chi connectivity index (χ2n) is 4.60. The van der Waals surface area contributed by atoms with Crippen LogP contribution in [0, 0.1) is 0 Å². The first-order valence-corrected chi connectivity index (χ1v) is 6.36. The van der Waals surface area contributed by atoms with Crippen LogP contribution in [-0.2, 0) is 0 Å². The lowest BCUT2D eigenvalue weighted by atomic mass is 9.99. The number of likely N-dealkylation sites (tertiary alicyclic amines) is 1. The quantitative estimate of drug-likeness (QED) is 0.839. The molecular weight excluding hydrogens is 230 g/mol. The van der Waals surface area contributed by atoms with Crippen LogP contribution >= 0.6 is 0 Å². The van der Waals surface area contributed by atoms with Crippen molar-refractivity contribution in [3.05, 3.63) is 24.0 Å². The van der Waals surface area contributed by atoms with E-state index >= 15 is 0 Å². The van der Waals surface area contributed by atoms with Gasteiger partial charge in [-0.05, 0) is 37.8 Å². The fourth-order valence-electron chi connectivity index (χ4n) is 2.45. The Morgan fingerprint density at radius 2 is 2.39 bits per heavy atom. The molecular formula is C13H19N3O2. The summed E-state index contributed by atoms with van der Waals surface area (Å²) >= 11 is 0. The van der Waals surface area contributed by atoms with Crippen LogP contribution in [0.2, 0.25) is 0 Å². The molecule has 1 aromatic heterocycles. The molecule has 3 N–H and O–H groups in total. The Morgan fingerprint density at radius 3 is 3.11 bits per heavy atom. The van der Waals surface area contributed by atoms with E-state index in [1.807, 2.05) is 0 Å². The van der Waals surface area contributed by atoms with Gasteiger partial charge in [-0.3, -0.25) is 4.79 Å². The van der Waals surface area contributed by atoms with E-state index in [9.17, 15) is 4.79 Å². The summed E-state index contributed by atoms with van der Waals surface area (Å²) in [7, 11) is 0. The van der Waals surface area contributed by atoms with Crippen molar-refractivity contribution in [3.63, 3.8) is 0 Å². The number of anilines is 1. The third kappa shape index (κ3) is 2.61. The molecule has 1 aliphatic heterocycles. The summed E-state index contributed by atoms with van der Waals surface area (Å²) in [5.74, 6) is -0.119. The van der Waals surface area contributed by atoms with Crippen LogP contribution in [0.4, 0.5) is 5.69 Å². The van der Waals surface area contributed by atoms with Crippen LogP contribution in [0.1, 0.15) is 36.2 Å². The fourth-order valence-corrected chi connectivity index (χ4v) is 2.45. The topological polar surface area (TPSA) is 79.5 Å². The van der Waals surface area contributed by atoms with Gasteiger partial charge in [0.05, 0.1) is 5.69 Å². The second-order valence-corrected chi connectivity index (χ2v) is 4.60. The van der Waals surface area contributed by atoms with Crippen molar-refractivity contribution in [2.24, 2.45) is 0 Å². The number of hydrogen-bond donors (Lipinski definition) is 2. The number of aromatic nitrogens is 1. The molecule has 98 valence electrons. The summed E-state index contributed by atoms with van der Waals surface area (Å²) in [6.07, 6.45) is 5.25. The molecule has 2 rings (SSSR count). The van der Waals surface area contributed by atoms with Gasteiger partial charge in [-0.25, -0.2) is 4.98 Å². The predicted octanol–water partition coefficient (Wildman–Crippen LogP) is 1.04. The van der Waals surface area contributed by atoms with Crippen molar-refractivity contribution in [1.29, 1.82) is 0 Å². The van der Waals surface area contributed by atoms with Crippen LogP contribution in [0.5, 0.6) is 0 Å². The maximum absolute atomic E-state index is 12.4. The van der Waals surface area contributed by atoms with Crippen molar-refractivity contribution in [3.8, 4) is 0 Å². The molecule has 1 unspecified atom stereocenters. The molecule has 1 fully saturated rings. The summed E-state index contributed by atoms with van der Waals surface area (Å²) in [4.78, 5) is 18.3. The van der Waals surface area contributed by atoms with Crippen LogP contribution < -0.4 is 5.73 Å². The molecule has 0 radical (unpaired) electrons. The van der Waals surface area contributed by atoms with Gasteiger partial charge in [0.1, 0.15) is 0 Å². The molecule has 1 saturated heterocycles. The SMILES string of the molecule is Nc1cccnc1C(=O)N1CCCCC1CCO. The molecule has 1 atom stereocenters. The van der Waals surface area contributed by atoms with E-state index in [4.69, 9.17) is 10.8 Å². The number of carbonyl (C=O) groups is 1. The van der Waals surface area contributed by atoms with Crippen LogP contribution in [0.25, 0.3) is 0 Å². The van der Waals surface area contributed by atoms with Gasteiger partial charge in [-0.2, -0.15) is 0 Å². The Balaban J connectivity index is 2.18. The monoisotopic (exact) mass is 249 g/mol. The molecule has 18 heavy (non-hydrogen) atoms. The third-order valence-electron chi connectivity index (χ3n) is 3.39. The zero-order valence-corrected chi connectivity index (χ0v) is 10.4. The first-order chi connectivity index (χ1) is 8.74. The molecule has 0 aliphatic carbocycles. The fraction of sp³-hybridized carbons (Fsp3) is 0.538. The molecule has 1 aliphatic rings. The lowest BCUT2D eigenvalue weighted by Gasteiger charge is -2.35. The zero-order chi connectivity index (χ0) is 13.0. The Morgan fingerprint density at radius 1 is 1.56 bits per heavy atom. The molecule has 0 bridgehead atoms. The summed E-state index contributed by atoms with van der Waals surface area (Å²) in [5, 5.41) is 9.06. The maximum atomic E-state index is 12.4. The lowest BCUT2D eigenvalue weighted by Crippen LogP contribution is -2.44. The predicted molar refractivity (Wildman–Crippen MR) is 69.0 cm³/mol. The summed E-state index contributed by atoms with van der Waals surface area (Å²) in [6, 6.07) is 3.51. The zero-order valence-electron chi connectivity index (χ0n) is 10.4.